The molecule has 0 aliphatic heterocycles. The lowest BCUT2D eigenvalue weighted by Crippen LogP contribution is -2.25. The van der Waals surface area contributed by atoms with Crippen LogP contribution < -0.4 is 19.5 Å². The van der Waals surface area contributed by atoms with Crippen molar-refractivity contribution < 1.29 is 36.6 Å². The fourth-order valence-electron chi connectivity index (χ4n) is 3.07. The summed E-state index contributed by atoms with van der Waals surface area (Å²) in [4.78, 5) is 16.7. The van der Waals surface area contributed by atoms with E-state index < -0.39 is 18.0 Å². The Balaban J connectivity index is 1.42. The van der Waals surface area contributed by atoms with Crippen molar-refractivity contribution in [3.63, 3.8) is 0 Å². The Labute approximate surface area is 187 Å². The highest BCUT2D eigenvalue weighted by molar-refractivity contribution is 5.96. The lowest BCUT2D eigenvalue weighted by Gasteiger charge is -2.12. The van der Waals surface area contributed by atoms with Crippen molar-refractivity contribution in [3.8, 4) is 28.7 Å². The van der Waals surface area contributed by atoms with Gasteiger partial charge >= 0.3 is 6.36 Å². The van der Waals surface area contributed by atoms with Crippen LogP contribution in [-0.4, -0.2) is 31.0 Å². The number of amides is 1. The van der Waals surface area contributed by atoms with E-state index >= 15 is 0 Å². The van der Waals surface area contributed by atoms with Gasteiger partial charge in [0.1, 0.15) is 12.0 Å². The number of hydrogen-bond acceptors (Lipinski definition) is 6. The number of hydrogen-bond donors (Lipinski definition) is 1. The minimum atomic E-state index is -4.91. The molecule has 0 bridgehead atoms. The molecule has 2 aromatic carbocycles. The summed E-state index contributed by atoms with van der Waals surface area (Å²) in [5, 5.41) is 2.52. The Bertz CT molecular complexity index is 1130. The zero-order valence-corrected chi connectivity index (χ0v) is 17.6. The molecule has 0 unspecified atom stereocenters. The van der Waals surface area contributed by atoms with Gasteiger partial charge in [-0.3, -0.25) is 4.79 Å². The number of carbonyl (C=O) groups is 1. The number of ether oxygens (including phenoxy) is 3. The lowest BCUT2D eigenvalue weighted by molar-refractivity contribution is -0.274. The molecule has 1 aliphatic carbocycles. The Morgan fingerprint density at radius 1 is 1.15 bits per heavy atom. The first kappa shape index (κ1) is 22.5. The van der Waals surface area contributed by atoms with E-state index in [0.29, 0.717) is 41.2 Å². The number of oxazole rings is 1. The highest BCUT2D eigenvalue weighted by atomic mass is 19.4. The van der Waals surface area contributed by atoms with E-state index in [1.54, 1.807) is 25.3 Å². The van der Waals surface area contributed by atoms with E-state index in [9.17, 15) is 18.0 Å². The maximum Gasteiger partial charge on any atom is 0.573 e. The molecule has 1 heterocycles. The number of halogens is 3. The number of carbonyl (C=O) groups excluding carboxylic acids is 1. The number of nitrogens with zero attached hydrogens (tertiary/aromatic N) is 1. The van der Waals surface area contributed by atoms with Gasteiger partial charge in [-0.2, -0.15) is 0 Å². The highest BCUT2D eigenvalue weighted by Gasteiger charge is 2.32. The third-order valence-corrected chi connectivity index (χ3v) is 4.92. The van der Waals surface area contributed by atoms with Crippen molar-refractivity contribution in [3.05, 3.63) is 60.0 Å². The molecule has 10 heteroatoms. The van der Waals surface area contributed by atoms with Gasteiger partial charge in [0.05, 0.1) is 31.5 Å². The molecule has 3 aromatic rings. The van der Waals surface area contributed by atoms with E-state index in [0.717, 1.165) is 18.9 Å². The van der Waals surface area contributed by atoms with Gasteiger partial charge in [0.2, 0.25) is 5.89 Å². The summed E-state index contributed by atoms with van der Waals surface area (Å²) >= 11 is 0. The van der Waals surface area contributed by atoms with Crippen molar-refractivity contribution in [2.24, 2.45) is 5.92 Å². The van der Waals surface area contributed by atoms with Gasteiger partial charge < -0.3 is 23.9 Å². The standard InChI is InChI=1S/C23H21F3N2O5/c1-30-19-9-8-15(10-20(19)31-12-14-6-7-14)22-28-16(13-32-22)11-27-21(29)17-4-2-3-5-18(17)33-23(24,25)26/h2-5,8-10,13-14H,6-7,11-12H2,1H3,(H,27,29). The molecule has 0 radical (unpaired) electrons. The van der Waals surface area contributed by atoms with E-state index in [-0.39, 0.29) is 12.1 Å². The first-order chi connectivity index (χ1) is 15.8. The molecule has 1 aromatic heterocycles. The molecule has 1 N–H and O–H groups in total. The number of benzene rings is 2. The normalized spacial score (nSPS) is 13.5. The van der Waals surface area contributed by atoms with Crippen LogP contribution in [0.3, 0.4) is 0 Å². The van der Waals surface area contributed by atoms with Gasteiger partial charge in [0, 0.05) is 5.56 Å². The zero-order chi connectivity index (χ0) is 23.4. The van der Waals surface area contributed by atoms with Crippen molar-refractivity contribution in [2.45, 2.75) is 25.7 Å². The summed E-state index contributed by atoms with van der Waals surface area (Å²) in [7, 11) is 1.56. The van der Waals surface area contributed by atoms with Crippen LogP contribution in [0.25, 0.3) is 11.5 Å². The van der Waals surface area contributed by atoms with Crippen LogP contribution in [0.15, 0.2) is 53.1 Å². The van der Waals surface area contributed by atoms with Gasteiger partial charge in [0.25, 0.3) is 5.91 Å². The summed E-state index contributed by atoms with van der Waals surface area (Å²) in [5.74, 6) is 0.732. The van der Waals surface area contributed by atoms with Crippen molar-refractivity contribution >= 4 is 5.91 Å². The summed E-state index contributed by atoms with van der Waals surface area (Å²) < 4.78 is 58.3. The number of nitrogens with one attached hydrogen (secondary N) is 1. The average Bonchev–Trinajstić information content (AvgIpc) is 3.50. The molecule has 1 fully saturated rings. The highest BCUT2D eigenvalue weighted by Crippen LogP contribution is 2.35. The SMILES string of the molecule is COc1ccc(-c2nc(CNC(=O)c3ccccc3OC(F)(F)F)co2)cc1OCC1CC1. The second kappa shape index (κ2) is 9.43. The predicted molar refractivity (Wildman–Crippen MR) is 111 cm³/mol. The van der Waals surface area contributed by atoms with Crippen molar-refractivity contribution in [2.75, 3.05) is 13.7 Å². The number of methoxy groups -OCH3 is 1. The minimum Gasteiger partial charge on any atom is -0.493 e. The van der Waals surface area contributed by atoms with Gasteiger partial charge in [-0.25, -0.2) is 4.98 Å². The van der Waals surface area contributed by atoms with Crippen molar-refractivity contribution in [1.29, 1.82) is 0 Å². The second-order valence-electron chi connectivity index (χ2n) is 7.49. The number of aromatic nitrogens is 1. The Kier molecular flexibility index (Phi) is 6.43. The average molecular weight is 462 g/mol. The topological polar surface area (TPSA) is 82.8 Å². The van der Waals surface area contributed by atoms with Gasteiger partial charge in [-0.05, 0) is 49.1 Å². The zero-order valence-electron chi connectivity index (χ0n) is 17.6. The van der Waals surface area contributed by atoms with E-state index in [2.05, 4.69) is 15.0 Å². The Morgan fingerprint density at radius 3 is 2.67 bits per heavy atom. The Hall–Kier alpha value is -3.69. The first-order valence-electron chi connectivity index (χ1n) is 10.2. The molecule has 4 rings (SSSR count). The van der Waals surface area contributed by atoms with Gasteiger partial charge in [-0.15, -0.1) is 13.2 Å². The van der Waals surface area contributed by atoms with Crippen LogP contribution in [-0.2, 0) is 6.54 Å². The van der Waals surface area contributed by atoms with Crippen LogP contribution in [0.4, 0.5) is 13.2 Å². The maximum absolute atomic E-state index is 12.6. The fraction of sp³-hybridized carbons (Fsp3) is 0.304. The third kappa shape index (κ3) is 5.97. The third-order valence-electron chi connectivity index (χ3n) is 4.92. The molecule has 0 saturated heterocycles. The lowest BCUT2D eigenvalue weighted by atomic mass is 10.2. The van der Waals surface area contributed by atoms with Crippen LogP contribution in [0.2, 0.25) is 0 Å². The van der Waals surface area contributed by atoms with Crippen LogP contribution in [0, 0.1) is 5.92 Å². The minimum absolute atomic E-state index is 0.0517. The van der Waals surface area contributed by atoms with E-state index in [1.165, 1.54) is 24.5 Å². The van der Waals surface area contributed by atoms with Gasteiger partial charge in [-0.1, -0.05) is 12.1 Å². The molecule has 1 aliphatic rings. The number of alkyl halides is 3. The molecular weight excluding hydrogens is 441 g/mol. The quantitative estimate of drug-likeness (QED) is 0.484. The largest absolute Gasteiger partial charge is 0.573 e. The summed E-state index contributed by atoms with van der Waals surface area (Å²) in [6.07, 6.45) is -1.23. The number of rotatable bonds is 9. The van der Waals surface area contributed by atoms with Crippen molar-refractivity contribution in [1.82, 2.24) is 10.3 Å². The predicted octanol–water partition coefficient (Wildman–Crippen LogP) is 4.97. The molecular formula is C23H21F3N2O5. The molecule has 0 spiro atoms. The number of para-hydroxylation sites is 1. The summed E-state index contributed by atoms with van der Waals surface area (Å²) in [6.45, 7) is 0.562. The molecule has 1 saturated carbocycles. The van der Waals surface area contributed by atoms with E-state index in [1.807, 2.05) is 0 Å². The maximum atomic E-state index is 12.6. The van der Waals surface area contributed by atoms with Crippen LogP contribution in [0.1, 0.15) is 28.9 Å². The van der Waals surface area contributed by atoms with Crippen LogP contribution >= 0.6 is 0 Å². The smallest absolute Gasteiger partial charge is 0.493 e. The first-order valence-corrected chi connectivity index (χ1v) is 10.2. The van der Waals surface area contributed by atoms with Gasteiger partial charge in [0.15, 0.2) is 11.5 Å². The molecule has 1 amide bonds. The molecule has 33 heavy (non-hydrogen) atoms. The summed E-state index contributed by atoms with van der Waals surface area (Å²) in [6, 6.07) is 10.4. The second-order valence-corrected chi connectivity index (χ2v) is 7.49. The summed E-state index contributed by atoms with van der Waals surface area (Å²) in [5.41, 5.74) is 0.804. The fourth-order valence-corrected chi connectivity index (χ4v) is 3.07. The molecule has 7 nitrogen and oxygen atoms in total. The van der Waals surface area contributed by atoms with E-state index in [4.69, 9.17) is 13.9 Å². The molecule has 174 valence electrons. The van der Waals surface area contributed by atoms with Crippen LogP contribution in [0.5, 0.6) is 17.2 Å². The Morgan fingerprint density at radius 2 is 1.94 bits per heavy atom. The monoisotopic (exact) mass is 462 g/mol. The molecule has 0 atom stereocenters.